The standard InChI is InChI=1S/C24H23ClN2O3/c1-29-17-7-5-6-15(12-17)20-14-21(19-13-16(25)10-11-22(19)28)27-24(26-20)18-8-3-4-9-23(18)30-2/h3-13,21,24,27-28H,14H2,1-2H3. The first-order chi connectivity index (χ1) is 14.6. The normalized spacial score (nSPS) is 18.6. The van der Waals surface area contributed by atoms with Crippen LogP contribution in [0, 0.1) is 0 Å². The number of phenolic OH excluding ortho intramolecular Hbond substituents is 1. The summed E-state index contributed by atoms with van der Waals surface area (Å²) in [4.78, 5) is 4.99. The monoisotopic (exact) mass is 422 g/mol. The van der Waals surface area contributed by atoms with E-state index in [1.807, 2.05) is 48.5 Å². The molecule has 2 N–H and O–H groups in total. The number of aliphatic imine (C=N–C) groups is 1. The molecule has 0 aromatic heterocycles. The van der Waals surface area contributed by atoms with Crippen LogP contribution in [0.15, 0.2) is 71.7 Å². The van der Waals surface area contributed by atoms with Gasteiger partial charge in [0.25, 0.3) is 0 Å². The first kappa shape index (κ1) is 20.3. The minimum atomic E-state index is -0.348. The molecule has 4 rings (SSSR count). The molecule has 0 spiro atoms. The summed E-state index contributed by atoms with van der Waals surface area (Å²) in [7, 11) is 3.29. The van der Waals surface area contributed by atoms with Gasteiger partial charge in [-0.05, 0) is 42.0 Å². The first-order valence-corrected chi connectivity index (χ1v) is 10.1. The molecule has 2 atom stereocenters. The smallest absolute Gasteiger partial charge is 0.129 e. The van der Waals surface area contributed by atoms with Crippen molar-refractivity contribution in [1.29, 1.82) is 0 Å². The number of hydrogen-bond donors (Lipinski definition) is 2. The van der Waals surface area contributed by atoms with Gasteiger partial charge in [0.2, 0.25) is 0 Å². The molecule has 3 aromatic carbocycles. The van der Waals surface area contributed by atoms with Crippen LogP contribution in [-0.2, 0) is 0 Å². The van der Waals surface area contributed by atoms with Gasteiger partial charge < -0.3 is 14.6 Å². The molecular formula is C24H23ClN2O3. The van der Waals surface area contributed by atoms with Gasteiger partial charge in [0.15, 0.2) is 0 Å². The summed E-state index contributed by atoms with van der Waals surface area (Å²) < 4.78 is 11.0. The number of aromatic hydroxyl groups is 1. The highest BCUT2D eigenvalue weighted by molar-refractivity contribution is 6.30. The molecule has 30 heavy (non-hydrogen) atoms. The molecule has 2 unspecified atom stereocenters. The number of para-hydroxylation sites is 1. The average molecular weight is 423 g/mol. The zero-order valence-corrected chi connectivity index (χ0v) is 17.6. The molecular weight excluding hydrogens is 400 g/mol. The third-order valence-corrected chi connectivity index (χ3v) is 5.48. The molecule has 0 saturated carbocycles. The van der Waals surface area contributed by atoms with E-state index in [4.69, 9.17) is 26.1 Å². The van der Waals surface area contributed by atoms with Crippen molar-refractivity contribution in [2.24, 2.45) is 4.99 Å². The lowest BCUT2D eigenvalue weighted by molar-refractivity contribution is 0.381. The third-order valence-electron chi connectivity index (χ3n) is 5.24. The number of methoxy groups -OCH3 is 2. The van der Waals surface area contributed by atoms with Crippen LogP contribution in [-0.4, -0.2) is 25.0 Å². The highest BCUT2D eigenvalue weighted by Crippen LogP contribution is 2.37. The fourth-order valence-corrected chi connectivity index (χ4v) is 3.92. The van der Waals surface area contributed by atoms with Crippen molar-refractivity contribution in [3.05, 3.63) is 88.4 Å². The zero-order valence-electron chi connectivity index (χ0n) is 16.8. The molecule has 0 fully saturated rings. The van der Waals surface area contributed by atoms with E-state index < -0.39 is 0 Å². The maximum atomic E-state index is 10.5. The summed E-state index contributed by atoms with van der Waals surface area (Å²) >= 11 is 6.22. The second-order valence-corrected chi connectivity index (χ2v) is 7.52. The molecule has 1 aliphatic rings. The lowest BCUT2D eigenvalue weighted by atomic mass is 9.93. The second-order valence-electron chi connectivity index (χ2n) is 7.08. The van der Waals surface area contributed by atoms with Crippen LogP contribution >= 0.6 is 11.6 Å². The predicted octanol–water partition coefficient (Wildman–Crippen LogP) is 5.29. The average Bonchev–Trinajstić information content (AvgIpc) is 2.80. The van der Waals surface area contributed by atoms with Gasteiger partial charge in [0.1, 0.15) is 23.4 Å². The molecule has 154 valence electrons. The van der Waals surface area contributed by atoms with E-state index >= 15 is 0 Å². The molecule has 5 nitrogen and oxygen atoms in total. The molecule has 0 radical (unpaired) electrons. The van der Waals surface area contributed by atoms with Crippen LogP contribution in [0.3, 0.4) is 0 Å². The molecule has 1 aliphatic heterocycles. The van der Waals surface area contributed by atoms with Crippen molar-refractivity contribution < 1.29 is 14.6 Å². The van der Waals surface area contributed by atoms with Crippen LogP contribution in [0.2, 0.25) is 5.02 Å². The number of rotatable bonds is 5. The van der Waals surface area contributed by atoms with Crippen LogP contribution in [0.25, 0.3) is 0 Å². The molecule has 3 aromatic rings. The van der Waals surface area contributed by atoms with Gasteiger partial charge in [0, 0.05) is 34.3 Å². The van der Waals surface area contributed by atoms with Gasteiger partial charge >= 0.3 is 0 Å². The maximum Gasteiger partial charge on any atom is 0.129 e. The van der Waals surface area contributed by atoms with E-state index in [1.165, 1.54) is 0 Å². The number of ether oxygens (including phenoxy) is 2. The summed E-state index contributed by atoms with van der Waals surface area (Å²) in [5, 5.41) is 14.6. The molecule has 0 aliphatic carbocycles. The fraction of sp³-hybridized carbons (Fsp3) is 0.208. The van der Waals surface area contributed by atoms with E-state index in [1.54, 1.807) is 32.4 Å². The summed E-state index contributed by atoms with van der Waals surface area (Å²) in [6, 6.07) is 20.5. The van der Waals surface area contributed by atoms with Gasteiger partial charge in [-0.1, -0.05) is 41.9 Å². The van der Waals surface area contributed by atoms with Crippen molar-refractivity contribution in [2.45, 2.75) is 18.6 Å². The Hall–Kier alpha value is -3.02. The van der Waals surface area contributed by atoms with Crippen molar-refractivity contribution in [1.82, 2.24) is 5.32 Å². The Kier molecular flexibility index (Phi) is 5.93. The van der Waals surface area contributed by atoms with Gasteiger partial charge in [0.05, 0.1) is 14.2 Å². The topological polar surface area (TPSA) is 63.1 Å². The lowest BCUT2D eigenvalue weighted by Gasteiger charge is -2.31. The first-order valence-electron chi connectivity index (χ1n) is 9.67. The van der Waals surface area contributed by atoms with Crippen molar-refractivity contribution >= 4 is 17.3 Å². The predicted molar refractivity (Wildman–Crippen MR) is 119 cm³/mol. The summed E-state index contributed by atoms with van der Waals surface area (Å²) in [6.45, 7) is 0. The number of benzene rings is 3. The Morgan fingerprint density at radius 1 is 0.967 bits per heavy atom. The highest BCUT2D eigenvalue weighted by Gasteiger charge is 2.29. The minimum absolute atomic E-state index is 0.183. The Labute approximate surface area is 180 Å². The van der Waals surface area contributed by atoms with Gasteiger partial charge in [-0.2, -0.15) is 0 Å². The number of nitrogens with zero attached hydrogens (tertiary/aromatic N) is 1. The van der Waals surface area contributed by atoms with E-state index in [0.29, 0.717) is 11.4 Å². The van der Waals surface area contributed by atoms with E-state index in [2.05, 4.69) is 5.32 Å². The molecule has 0 saturated heterocycles. The fourth-order valence-electron chi connectivity index (χ4n) is 3.74. The van der Waals surface area contributed by atoms with E-state index in [9.17, 15) is 5.11 Å². The van der Waals surface area contributed by atoms with Crippen LogP contribution in [0.4, 0.5) is 0 Å². The van der Waals surface area contributed by atoms with E-state index in [-0.39, 0.29) is 18.0 Å². The van der Waals surface area contributed by atoms with Crippen LogP contribution < -0.4 is 14.8 Å². The Morgan fingerprint density at radius 3 is 2.60 bits per heavy atom. The molecule has 0 bridgehead atoms. The summed E-state index contributed by atoms with van der Waals surface area (Å²) in [6.07, 6.45) is 0.242. The molecule has 1 heterocycles. The zero-order chi connectivity index (χ0) is 21.1. The lowest BCUT2D eigenvalue weighted by Crippen LogP contribution is -2.33. The quantitative estimate of drug-likeness (QED) is 0.586. The van der Waals surface area contributed by atoms with Crippen molar-refractivity contribution in [2.75, 3.05) is 14.2 Å². The van der Waals surface area contributed by atoms with Crippen LogP contribution in [0.1, 0.15) is 35.3 Å². The second kappa shape index (κ2) is 8.78. The Morgan fingerprint density at radius 2 is 1.80 bits per heavy atom. The number of hydrogen-bond acceptors (Lipinski definition) is 5. The van der Waals surface area contributed by atoms with Gasteiger partial charge in [-0.25, -0.2) is 0 Å². The van der Waals surface area contributed by atoms with Crippen molar-refractivity contribution in [3.8, 4) is 17.2 Å². The highest BCUT2D eigenvalue weighted by atomic mass is 35.5. The maximum absolute atomic E-state index is 10.5. The van der Waals surface area contributed by atoms with E-state index in [0.717, 1.165) is 33.9 Å². The molecule has 6 heteroatoms. The van der Waals surface area contributed by atoms with Crippen LogP contribution in [0.5, 0.6) is 17.2 Å². The largest absolute Gasteiger partial charge is 0.508 e. The Balaban J connectivity index is 1.81. The third kappa shape index (κ3) is 4.13. The van der Waals surface area contributed by atoms with Gasteiger partial charge in [-0.3, -0.25) is 10.3 Å². The molecule has 0 amide bonds. The number of halogens is 1. The van der Waals surface area contributed by atoms with Crippen molar-refractivity contribution in [3.63, 3.8) is 0 Å². The summed E-state index contributed by atoms with van der Waals surface area (Å²) in [5.41, 5.74) is 3.54. The number of nitrogens with one attached hydrogen (secondary N) is 1. The summed E-state index contributed by atoms with van der Waals surface area (Å²) in [5.74, 6) is 1.71. The Bertz CT molecular complexity index is 1080. The minimum Gasteiger partial charge on any atom is -0.508 e. The van der Waals surface area contributed by atoms with Gasteiger partial charge in [-0.15, -0.1) is 0 Å². The number of phenols is 1. The SMILES string of the molecule is COc1cccc(C2=NC(c3ccccc3OC)NC(c3cc(Cl)ccc3O)C2)c1.